The molecule has 1 unspecified atom stereocenters. The summed E-state index contributed by atoms with van der Waals surface area (Å²) in [5.74, 6) is 1.34. The molecule has 1 aliphatic rings. The molecule has 5 heteroatoms. The van der Waals surface area contributed by atoms with Crippen molar-refractivity contribution < 1.29 is 4.42 Å². The molecule has 1 aromatic rings. The maximum Gasteiger partial charge on any atom is 0.315 e. The highest BCUT2D eigenvalue weighted by molar-refractivity contribution is 6.20. The van der Waals surface area contributed by atoms with Crippen molar-refractivity contribution in [1.29, 1.82) is 0 Å². The van der Waals surface area contributed by atoms with Crippen LogP contribution in [0.2, 0.25) is 0 Å². The Kier molecular flexibility index (Phi) is 4.66. The number of hydrogen-bond donors (Lipinski definition) is 1. The van der Waals surface area contributed by atoms with Crippen LogP contribution < -0.4 is 5.32 Å². The molecule has 0 spiro atoms. The van der Waals surface area contributed by atoms with Crippen molar-refractivity contribution in [2.45, 2.75) is 50.8 Å². The summed E-state index contributed by atoms with van der Waals surface area (Å²) in [6.07, 6.45) is 8.11. The minimum absolute atomic E-state index is 0.226. The Hall–Kier alpha value is -0.770. The monoisotopic (exact) mass is 257 g/mol. The summed E-state index contributed by atoms with van der Waals surface area (Å²) in [5, 5.41) is 10.7. The number of nitrogens with one attached hydrogen (secondary N) is 1. The Morgan fingerprint density at radius 1 is 1.35 bits per heavy atom. The number of alkyl halides is 1. The van der Waals surface area contributed by atoms with E-state index in [2.05, 4.69) is 15.5 Å². The Morgan fingerprint density at radius 2 is 2.12 bits per heavy atom. The van der Waals surface area contributed by atoms with Crippen LogP contribution in [0.4, 0.5) is 6.01 Å². The first kappa shape index (κ1) is 12.7. The van der Waals surface area contributed by atoms with Crippen molar-refractivity contribution in [1.82, 2.24) is 10.2 Å². The molecule has 0 amide bonds. The third-order valence-corrected chi connectivity index (χ3v) is 3.52. The zero-order valence-electron chi connectivity index (χ0n) is 10.3. The summed E-state index contributed by atoms with van der Waals surface area (Å²) >= 11 is 5.85. The van der Waals surface area contributed by atoms with Crippen LogP contribution in [0.1, 0.15) is 56.7 Å². The van der Waals surface area contributed by atoms with Gasteiger partial charge in [0.25, 0.3) is 0 Å². The van der Waals surface area contributed by atoms with Crippen molar-refractivity contribution >= 4 is 17.6 Å². The van der Waals surface area contributed by atoms with Gasteiger partial charge in [0.15, 0.2) is 0 Å². The van der Waals surface area contributed by atoms with Gasteiger partial charge in [0.05, 0.1) is 0 Å². The predicted molar refractivity (Wildman–Crippen MR) is 68.2 cm³/mol. The highest BCUT2D eigenvalue weighted by Gasteiger charge is 2.14. The van der Waals surface area contributed by atoms with Gasteiger partial charge in [0, 0.05) is 6.54 Å². The van der Waals surface area contributed by atoms with Crippen LogP contribution >= 0.6 is 11.6 Å². The molecule has 17 heavy (non-hydrogen) atoms. The molecule has 0 saturated heterocycles. The topological polar surface area (TPSA) is 51.0 Å². The quantitative estimate of drug-likeness (QED) is 0.816. The van der Waals surface area contributed by atoms with E-state index >= 15 is 0 Å². The van der Waals surface area contributed by atoms with Crippen molar-refractivity contribution in [2.75, 3.05) is 11.9 Å². The Morgan fingerprint density at radius 3 is 2.76 bits per heavy atom. The van der Waals surface area contributed by atoms with E-state index in [4.69, 9.17) is 16.0 Å². The highest BCUT2D eigenvalue weighted by atomic mass is 35.5. The van der Waals surface area contributed by atoms with Crippen LogP contribution in [-0.4, -0.2) is 16.7 Å². The first-order valence-electron chi connectivity index (χ1n) is 6.47. The van der Waals surface area contributed by atoms with Crippen molar-refractivity contribution in [3.8, 4) is 0 Å². The second-order valence-corrected chi connectivity index (χ2v) is 5.44. The van der Waals surface area contributed by atoms with Crippen LogP contribution in [0, 0.1) is 5.92 Å². The zero-order chi connectivity index (χ0) is 12.1. The van der Waals surface area contributed by atoms with Gasteiger partial charge in [-0.3, -0.25) is 0 Å². The Balaban J connectivity index is 1.70. The zero-order valence-corrected chi connectivity index (χ0v) is 11.0. The minimum atomic E-state index is -0.226. The molecule has 0 aromatic carbocycles. The number of hydrogen-bond acceptors (Lipinski definition) is 4. The normalized spacial score (nSPS) is 19.2. The molecule has 2 rings (SSSR count). The predicted octanol–water partition coefficient (Wildman–Crippen LogP) is 3.75. The van der Waals surface area contributed by atoms with Crippen LogP contribution in [0.15, 0.2) is 4.42 Å². The van der Waals surface area contributed by atoms with Gasteiger partial charge in [0.1, 0.15) is 5.38 Å². The Bertz CT molecular complexity index is 334. The molecular weight excluding hydrogens is 238 g/mol. The van der Waals surface area contributed by atoms with E-state index in [0.717, 1.165) is 12.5 Å². The fraction of sp³-hybridized carbons (Fsp3) is 0.833. The van der Waals surface area contributed by atoms with Crippen LogP contribution in [0.25, 0.3) is 0 Å². The van der Waals surface area contributed by atoms with Gasteiger partial charge in [-0.05, 0) is 19.3 Å². The van der Waals surface area contributed by atoms with E-state index in [-0.39, 0.29) is 5.38 Å². The SMILES string of the molecule is CC(Cl)c1nnc(NCCC2CCCCC2)o1. The van der Waals surface area contributed by atoms with Gasteiger partial charge in [0.2, 0.25) is 5.89 Å². The van der Waals surface area contributed by atoms with Gasteiger partial charge in [-0.25, -0.2) is 0 Å². The summed E-state index contributed by atoms with van der Waals surface area (Å²) < 4.78 is 5.37. The molecule has 0 aliphatic heterocycles. The summed E-state index contributed by atoms with van der Waals surface area (Å²) in [5.41, 5.74) is 0. The second kappa shape index (κ2) is 6.24. The molecular formula is C12H20ClN3O. The summed E-state index contributed by atoms with van der Waals surface area (Å²) in [4.78, 5) is 0. The smallest absolute Gasteiger partial charge is 0.315 e. The lowest BCUT2D eigenvalue weighted by Gasteiger charge is -2.21. The van der Waals surface area contributed by atoms with Crippen LogP contribution in [0.3, 0.4) is 0 Å². The third kappa shape index (κ3) is 3.87. The van der Waals surface area contributed by atoms with Crippen LogP contribution in [-0.2, 0) is 0 Å². The number of aromatic nitrogens is 2. The van der Waals surface area contributed by atoms with E-state index in [1.54, 1.807) is 0 Å². The van der Waals surface area contributed by atoms with E-state index < -0.39 is 0 Å². The molecule has 96 valence electrons. The fourth-order valence-corrected chi connectivity index (χ4v) is 2.41. The summed E-state index contributed by atoms with van der Waals surface area (Å²) in [6, 6.07) is 0.489. The van der Waals surface area contributed by atoms with Crippen LogP contribution in [0.5, 0.6) is 0 Å². The largest absolute Gasteiger partial charge is 0.407 e. The molecule has 1 heterocycles. The average Bonchev–Trinajstić information content (AvgIpc) is 2.79. The third-order valence-electron chi connectivity index (χ3n) is 3.33. The molecule has 1 aliphatic carbocycles. The molecule has 4 nitrogen and oxygen atoms in total. The first-order valence-corrected chi connectivity index (χ1v) is 6.90. The molecule has 1 fully saturated rings. The van der Waals surface area contributed by atoms with Gasteiger partial charge >= 0.3 is 6.01 Å². The lowest BCUT2D eigenvalue weighted by Crippen LogP contribution is -2.12. The average molecular weight is 258 g/mol. The number of rotatable bonds is 5. The van der Waals surface area contributed by atoms with E-state index in [0.29, 0.717) is 11.9 Å². The van der Waals surface area contributed by atoms with Gasteiger partial charge in [-0.2, -0.15) is 0 Å². The molecule has 1 N–H and O–H groups in total. The van der Waals surface area contributed by atoms with E-state index in [1.807, 2.05) is 6.92 Å². The van der Waals surface area contributed by atoms with Crippen molar-refractivity contribution in [3.63, 3.8) is 0 Å². The lowest BCUT2D eigenvalue weighted by molar-refractivity contribution is 0.344. The van der Waals surface area contributed by atoms with E-state index in [1.165, 1.54) is 38.5 Å². The summed E-state index contributed by atoms with van der Waals surface area (Å²) in [6.45, 7) is 2.73. The van der Waals surface area contributed by atoms with Crippen molar-refractivity contribution in [3.05, 3.63) is 5.89 Å². The lowest BCUT2D eigenvalue weighted by atomic mass is 9.87. The molecule has 0 bridgehead atoms. The molecule has 0 radical (unpaired) electrons. The molecule has 1 saturated carbocycles. The Labute approximate surface area is 107 Å². The van der Waals surface area contributed by atoms with Gasteiger partial charge in [-0.15, -0.1) is 16.7 Å². The molecule has 1 aromatic heterocycles. The van der Waals surface area contributed by atoms with Crippen molar-refractivity contribution in [2.24, 2.45) is 5.92 Å². The van der Waals surface area contributed by atoms with Gasteiger partial charge < -0.3 is 9.73 Å². The summed E-state index contributed by atoms with van der Waals surface area (Å²) in [7, 11) is 0. The first-order chi connectivity index (χ1) is 8.25. The highest BCUT2D eigenvalue weighted by Crippen LogP contribution is 2.26. The fourth-order valence-electron chi connectivity index (χ4n) is 2.33. The number of nitrogens with zero attached hydrogens (tertiary/aromatic N) is 2. The molecule has 1 atom stereocenters. The maximum atomic E-state index is 5.85. The standard InChI is InChI=1S/C12H20ClN3O/c1-9(13)11-15-16-12(17-11)14-8-7-10-5-3-2-4-6-10/h9-10H,2-8H2,1H3,(H,14,16). The maximum absolute atomic E-state index is 5.85. The minimum Gasteiger partial charge on any atom is -0.407 e. The second-order valence-electron chi connectivity index (χ2n) is 4.78. The van der Waals surface area contributed by atoms with E-state index in [9.17, 15) is 0 Å². The number of halogens is 1. The number of anilines is 1. The van der Waals surface area contributed by atoms with Gasteiger partial charge in [-0.1, -0.05) is 37.2 Å².